The zero-order valence-electron chi connectivity index (χ0n) is 8.96. The zero-order valence-corrected chi connectivity index (χ0v) is 9.78. The number of hydrogen-bond acceptors (Lipinski definition) is 2. The van der Waals surface area contributed by atoms with Gasteiger partial charge in [-0.3, -0.25) is 4.99 Å². The quantitative estimate of drug-likeness (QED) is 0.425. The van der Waals surface area contributed by atoms with Gasteiger partial charge in [0.25, 0.3) is 0 Å². The van der Waals surface area contributed by atoms with E-state index in [1.54, 1.807) is 11.8 Å². The molecule has 0 unspecified atom stereocenters. The Morgan fingerprint density at radius 3 is 2.79 bits per heavy atom. The molecule has 1 aliphatic rings. The van der Waals surface area contributed by atoms with E-state index in [2.05, 4.69) is 16.6 Å². The van der Waals surface area contributed by atoms with Gasteiger partial charge < -0.3 is 11.1 Å². The van der Waals surface area contributed by atoms with E-state index < -0.39 is 0 Å². The molecule has 0 saturated heterocycles. The van der Waals surface area contributed by atoms with Crippen LogP contribution in [-0.4, -0.2) is 30.6 Å². The van der Waals surface area contributed by atoms with Crippen LogP contribution in [0.25, 0.3) is 0 Å². The number of aliphatic imine (C=N–C) groups is 1. The van der Waals surface area contributed by atoms with E-state index in [9.17, 15) is 0 Å². The number of guanidine groups is 1. The Bertz CT molecular complexity index is 176. The van der Waals surface area contributed by atoms with Crippen LogP contribution in [0.3, 0.4) is 0 Å². The summed E-state index contributed by atoms with van der Waals surface area (Å²) < 4.78 is 0. The number of thioether (sulfide) groups is 1. The Hall–Kier alpha value is -0.380. The molecule has 0 heterocycles. The molecule has 0 aromatic carbocycles. The molecule has 1 aliphatic carbocycles. The second kappa shape index (κ2) is 6.98. The topological polar surface area (TPSA) is 50.4 Å². The Labute approximate surface area is 90.9 Å². The highest BCUT2D eigenvalue weighted by Gasteiger charge is 2.12. The van der Waals surface area contributed by atoms with Crippen molar-refractivity contribution in [2.75, 3.05) is 18.6 Å². The van der Waals surface area contributed by atoms with Crippen LogP contribution in [0.1, 0.15) is 32.1 Å². The van der Waals surface area contributed by atoms with Crippen LogP contribution in [-0.2, 0) is 0 Å². The third kappa shape index (κ3) is 4.74. The minimum absolute atomic E-state index is 0.571. The van der Waals surface area contributed by atoms with Crippen molar-refractivity contribution in [3.05, 3.63) is 0 Å². The fourth-order valence-corrected chi connectivity index (χ4v) is 2.03. The van der Waals surface area contributed by atoms with E-state index >= 15 is 0 Å². The normalized spacial score (nSPS) is 19.6. The van der Waals surface area contributed by atoms with Gasteiger partial charge in [-0.25, -0.2) is 0 Å². The molecule has 14 heavy (non-hydrogen) atoms. The fourth-order valence-electron chi connectivity index (χ4n) is 1.76. The monoisotopic (exact) mass is 215 g/mol. The molecular formula is C10H21N3S. The molecule has 0 atom stereocenters. The van der Waals surface area contributed by atoms with Gasteiger partial charge in [0, 0.05) is 11.8 Å². The van der Waals surface area contributed by atoms with Crippen molar-refractivity contribution >= 4 is 17.7 Å². The number of rotatable bonds is 4. The van der Waals surface area contributed by atoms with E-state index in [0.29, 0.717) is 12.0 Å². The predicted octanol–water partition coefficient (Wildman–Crippen LogP) is 1.59. The SMILES string of the molecule is CSCCN=C(N)NC1CCCCC1. The summed E-state index contributed by atoms with van der Waals surface area (Å²) in [5, 5.41) is 3.30. The summed E-state index contributed by atoms with van der Waals surface area (Å²) in [4.78, 5) is 4.27. The van der Waals surface area contributed by atoms with Crippen molar-refractivity contribution in [1.29, 1.82) is 0 Å². The molecule has 0 aliphatic heterocycles. The van der Waals surface area contributed by atoms with Gasteiger partial charge in [-0.2, -0.15) is 11.8 Å². The molecule has 1 saturated carbocycles. The highest BCUT2D eigenvalue weighted by molar-refractivity contribution is 7.98. The number of nitrogens with zero attached hydrogens (tertiary/aromatic N) is 1. The maximum Gasteiger partial charge on any atom is 0.188 e. The molecule has 1 fully saturated rings. The highest BCUT2D eigenvalue weighted by atomic mass is 32.2. The van der Waals surface area contributed by atoms with Gasteiger partial charge in [0.2, 0.25) is 0 Å². The largest absolute Gasteiger partial charge is 0.370 e. The summed E-state index contributed by atoms with van der Waals surface area (Å²) in [6.07, 6.45) is 8.62. The van der Waals surface area contributed by atoms with Crippen LogP contribution in [0, 0.1) is 0 Å². The average molecular weight is 215 g/mol. The molecule has 0 aromatic rings. The minimum Gasteiger partial charge on any atom is -0.370 e. The molecule has 0 bridgehead atoms. The maximum absolute atomic E-state index is 5.77. The zero-order chi connectivity index (χ0) is 10.2. The van der Waals surface area contributed by atoms with Crippen molar-refractivity contribution < 1.29 is 0 Å². The number of nitrogens with one attached hydrogen (secondary N) is 1. The van der Waals surface area contributed by atoms with E-state index in [1.807, 2.05) is 0 Å². The smallest absolute Gasteiger partial charge is 0.188 e. The van der Waals surface area contributed by atoms with Gasteiger partial charge in [-0.05, 0) is 19.1 Å². The van der Waals surface area contributed by atoms with E-state index in [4.69, 9.17) is 5.73 Å². The van der Waals surface area contributed by atoms with Gasteiger partial charge >= 0.3 is 0 Å². The fraction of sp³-hybridized carbons (Fsp3) is 0.900. The van der Waals surface area contributed by atoms with Gasteiger partial charge in [0.05, 0.1) is 6.54 Å². The molecular weight excluding hydrogens is 194 g/mol. The Balaban J connectivity index is 2.17. The van der Waals surface area contributed by atoms with Crippen molar-refractivity contribution in [2.24, 2.45) is 10.7 Å². The van der Waals surface area contributed by atoms with Crippen LogP contribution in [0.5, 0.6) is 0 Å². The van der Waals surface area contributed by atoms with Gasteiger partial charge in [-0.1, -0.05) is 19.3 Å². The molecule has 3 nitrogen and oxygen atoms in total. The molecule has 3 N–H and O–H groups in total. The molecule has 0 amide bonds. The highest BCUT2D eigenvalue weighted by Crippen LogP contribution is 2.16. The third-order valence-electron chi connectivity index (χ3n) is 2.53. The van der Waals surface area contributed by atoms with Crippen LogP contribution in [0.15, 0.2) is 4.99 Å². The summed E-state index contributed by atoms with van der Waals surface area (Å²) in [5.74, 6) is 1.68. The number of hydrogen-bond donors (Lipinski definition) is 2. The van der Waals surface area contributed by atoms with Crippen LogP contribution in [0.4, 0.5) is 0 Å². The van der Waals surface area contributed by atoms with Gasteiger partial charge in [0.15, 0.2) is 5.96 Å². The number of nitrogens with two attached hydrogens (primary N) is 1. The molecule has 4 heteroatoms. The van der Waals surface area contributed by atoms with Crippen molar-refractivity contribution in [1.82, 2.24) is 5.32 Å². The van der Waals surface area contributed by atoms with Crippen molar-refractivity contribution in [3.63, 3.8) is 0 Å². The van der Waals surface area contributed by atoms with E-state index in [0.717, 1.165) is 12.3 Å². The van der Waals surface area contributed by atoms with Crippen LogP contribution >= 0.6 is 11.8 Å². The predicted molar refractivity (Wildman–Crippen MR) is 64.9 cm³/mol. The molecule has 0 aromatic heterocycles. The first-order valence-corrected chi connectivity index (χ1v) is 6.77. The molecule has 0 spiro atoms. The van der Waals surface area contributed by atoms with Gasteiger partial charge in [0.1, 0.15) is 0 Å². The standard InChI is InChI=1S/C10H21N3S/c1-14-8-7-12-10(11)13-9-5-3-2-4-6-9/h9H,2-8H2,1H3,(H3,11,12,13). The summed E-state index contributed by atoms with van der Waals surface area (Å²) in [6.45, 7) is 0.826. The first-order chi connectivity index (χ1) is 6.83. The molecule has 82 valence electrons. The minimum atomic E-state index is 0.571. The summed E-state index contributed by atoms with van der Waals surface area (Å²) >= 11 is 1.80. The van der Waals surface area contributed by atoms with Crippen LogP contribution in [0.2, 0.25) is 0 Å². The second-order valence-corrected chi connectivity index (χ2v) is 4.72. The third-order valence-corrected chi connectivity index (χ3v) is 3.13. The summed E-state index contributed by atoms with van der Waals surface area (Å²) in [7, 11) is 0. The lowest BCUT2D eigenvalue weighted by Gasteiger charge is -2.23. The first-order valence-electron chi connectivity index (χ1n) is 5.38. The molecule has 1 rings (SSSR count). The Kier molecular flexibility index (Phi) is 5.83. The van der Waals surface area contributed by atoms with Crippen molar-refractivity contribution in [3.8, 4) is 0 Å². The van der Waals surface area contributed by atoms with Crippen molar-refractivity contribution in [2.45, 2.75) is 38.1 Å². The van der Waals surface area contributed by atoms with Gasteiger partial charge in [-0.15, -0.1) is 0 Å². The lowest BCUT2D eigenvalue weighted by molar-refractivity contribution is 0.412. The lowest BCUT2D eigenvalue weighted by Crippen LogP contribution is -2.41. The maximum atomic E-state index is 5.77. The second-order valence-electron chi connectivity index (χ2n) is 3.74. The average Bonchev–Trinajstić information content (AvgIpc) is 2.20. The molecule has 0 radical (unpaired) electrons. The Morgan fingerprint density at radius 2 is 2.14 bits per heavy atom. The summed E-state index contributed by atoms with van der Waals surface area (Å²) in [5.41, 5.74) is 5.77. The Morgan fingerprint density at radius 1 is 1.43 bits per heavy atom. The van der Waals surface area contributed by atoms with E-state index in [-0.39, 0.29) is 0 Å². The first kappa shape index (κ1) is 11.7. The van der Waals surface area contributed by atoms with Crippen LogP contribution < -0.4 is 11.1 Å². The summed E-state index contributed by atoms with van der Waals surface area (Å²) in [6, 6.07) is 0.571. The van der Waals surface area contributed by atoms with E-state index in [1.165, 1.54) is 32.1 Å². The lowest BCUT2D eigenvalue weighted by atomic mass is 9.96.